The Bertz CT molecular complexity index is 735. The van der Waals surface area contributed by atoms with E-state index >= 15 is 0 Å². The third-order valence-corrected chi connectivity index (χ3v) is 10.9. The molecule has 0 aromatic heterocycles. The molecule has 150 valence electrons. The Balaban J connectivity index is 1.69. The fraction of sp³-hybridized carbons (Fsp3) is 0.478. The van der Waals surface area contributed by atoms with Gasteiger partial charge >= 0.3 is 0 Å². The van der Waals surface area contributed by atoms with Crippen LogP contribution in [0.2, 0.25) is 5.04 Å². The van der Waals surface area contributed by atoms with Crippen LogP contribution in [0.15, 0.2) is 60.7 Å². The first kappa shape index (κ1) is 19.8. The zero-order chi connectivity index (χ0) is 19.8. The molecule has 2 aliphatic heterocycles. The SMILES string of the molecule is CO[C@@H]1C[C@@H]2O[C@H]2[C@@H](CO[Si](c2ccccc2)(c2ccccc2)C(C)(C)C)O1. The highest BCUT2D eigenvalue weighted by atomic mass is 28.4. The molecule has 2 aromatic rings. The van der Waals surface area contributed by atoms with E-state index in [4.69, 9.17) is 18.6 Å². The van der Waals surface area contributed by atoms with E-state index in [1.165, 1.54) is 10.4 Å². The van der Waals surface area contributed by atoms with Gasteiger partial charge in [-0.15, -0.1) is 0 Å². The molecule has 2 heterocycles. The molecule has 0 saturated carbocycles. The molecule has 4 rings (SSSR count). The monoisotopic (exact) mass is 398 g/mol. The van der Waals surface area contributed by atoms with E-state index in [-0.39, 0.29) is 29.6 Å². The summed E-state index contributed by atoms with van der Waals surface area (Å²) in [5.41, 5.74) is 0. The van der Waals surface area contributed by atoms with E-state index in [1.54, 1.807) is 7.11 Å². The van der Waals surface area contributed by atoms with Crippen molar-refractivity contribution in [1.29, 1.82) is 0 Å². The zero-order valence-electron chi connectivity index (χ0n) is 17.1. The fourth-order valence-electron chi connectivity index (χ4n) is 4.45. The minimum atomic E-state index is -2.55. The number of fused-ring (bicyclic) bond motifs is 1. The van der Waals surface area contributed by atoms with Crippen molar-refractivity contribution in [2.75, 3.05) is 13.7 Å². The van der Waals surface area contributed by atoms with Gasteiger partial charge < -0.3 is 18.6 Å². The fourth-order valence-corrected chi connectivity index (χ4v) is 9.02. The van der Waals surface area contributed by atoms with Crippen LogP contribution in [0, 0.1) is 0 Å². The van der Waals surface area contributed by atoms with Crippen molar-refractivity contribution in [3.05, 3.63) is 60.7 Å². The van der Waals surface area contributed by atoms with Crippen molar-refractivity contribution in [3.8, 4) is 0 Å². The van der Waals surface area contributed by atoms with Gasteiger partial charge in [-0.3, -0.25) is 0 Å². The maximum Gasteiger partial charge on any atom is 0.261 e. The normalized spacial score (nSPS) is 27.3. The van der Waals surface area contributed by atoms with E-state index < -0.39 is 8.32 Å². The minimum absolute atomic E-state index is 0.0468. The summed E-state index contributed by atoms with van der Waals surface area (Å²) in [5, 5.41) is 2.51. The van der Waals surface area contributed by atoms with Gasteiger partial charge in [0, 0.05) is 13.5 Å². The number of epoxide rings is 1. The standard InChI is InChI=1S/C23H30O4Si/c1-23(2,3)28(17-11-7-5-8-12-17,18-13-9-6-10-14-18)25-16-20-22-19(27-22)15-21(24-4)26-20/h5-14,19-22H,15-16H2,1-4H3/t19-,20+,21-,22+/m0/s1. The number of benzene rings is 2. The molecule has 0 N–H and O–H groups in total. The summed E-state index contributed by atoms with van der Waals surface area (Å²) in [4.78, 5) is 0. The Hall–Kier alpha value is -1.50. The van der Waals surface area contributed by atoms with Crippen molar-refractivity contribution in [2.24, 2.45) is 0 Å². The molecule has 0 unspecified atom stereocenters. The smallest absolute Gasteiger partial charge is 0.261 e. The number of ether oxygens (including phenoxy) is 3. The number of hydrogen-bond donors (Lipinski definition) is 0. The van der Waals surface area contributed by atoms with Gasteiger partial charge in [0.1, 0.15) is 12.2 Å². The summed E-state index contributed by atoms with van der Waals surface area (Å²) in [7, 11) is -0.865. The summed E-state index contributed by atoms with van der Waals surface area (Å²) >= 11 is 0. The van der Waals surface area contributed by atoms with Crippen molar-refractivity contribution in [2.45, 2.75) is 56.8 Å². The highest BCUT2D eigenvalue weighted by molar-refractivity contribution is 6.99. The van der Waals surface area contributed by atoms with Crippen LogP contribution in [0.3, 0.4) is 0 Å². The van der Waals surface area contributed by atoms with Crippen LogP contribution in [0.4, 0.5) is 0 Å². The number of hydrogen-bond acceptors (Lipinski definition) is 4. The average Bonchev–Trinajstić information content (AvgIpc) is 3.48. The second kappa shape index (κ2) is 7.73. The Morgan fingerprint density at radius 3 is 2.00 bits per heavy atom. The lowest BCUT2D eigenvalue weighted by atomic mass is 10.1. The summed E-state index contributed by atoms with van der Waals surface area (Å²) in [6.07, 6.45) is 0.870. The number of rotatable bonds is 6. The third-order valence-electron chi connectivity index (χ3n) is 5.88. The highest BCUT2D eigenvalue weighted by Crippen LogP contribution is 2.40. The summed E-state index contributed by atoms with van der Waals surface area (Å²) < 4.78 is 24.3. The van der Waals surface area contributed by atoms with Gasteiger partial charge in [-0.05, 0) is 15.4 Å². The van der Waals surface area contributed by atoms with Crippen LogP contribution in [-0.4, -0.2) is 46.6 Å². The van der Waals surface area contributed by atoms with Gasteiger partial charge in [0.15, 0.2) is 6.29 Å². The van der Waals surface area contributed by atoms with Crippen LogP contribution < -0.4 is 10.4 Å². The maximum absolute atomic E-state index is 6.97. The zero-order valence-corrected chi connectivity index (χ0v) is 18.1. The van der Waals surface area contributed by atoms with Gasteiger partial charge in [-0.25, -0.2) is 0 Å². The van der Waals surface area contributed by atoms with Crippen LogP contribution in [0.5, 0.6) is 0 Å². The lowest BCUT2D eigenvalue weighted by molar-refractivity contribution is -0.178. The van der Waals surface area contributed by atoms with E-state index in [0.717, 1.165) is 6.42 Å². The molecule has 28 heavy (non-hydrogen) atoms. The summed E-state index contributed by atoms with van der Waals surface area (Å²) in [6.45, 7) is 7.37. The Morgan fingerprint density at radius 1 is 0.929 bits per heavy atom. The molecule has 0 amide bonds. The molecule has 5 heteroatoms. The van der Waals surface area contributed by atoms with Gasteiger partial charge in [0.2, 0.25) is 0 Å². The topological polar surface area (TPSA) is 40.2 Å². The Kier molecular flexibility index (Phi) is 5.46. The highest BCUT2D eigenvalue weighted by Gasteiger charge is 2.55. The molecular formula is C23H30O4Si. The van der Waals surface area contributed by atoms with E-state index in [2.05, 4.69) is 81.4 Å². The van der Waals surface area contributed by atoms with E-state index in [9.17, 15) is 0 Å². The molecular weight excluding hydrogens is 368 g/mol. The molecule has 2 fully saturated rings. The molecule has 0 spiro atoms. The largest absolute Gasteiger partial charge is 0.405 e. The van der Waals surface area contributed by atoms with Crippen molar-refractivity contribution < 1.29 is 18.6 Å². The molecule has 0 bridgehead atoms. The third kappa shape index (κ3) is 3.58. The minimum Gasteiger partial charge on any atom is -0.405 e. The van der Waals surface area contributed by atoms with Gasteiger partial charge in [-0.2, -0.15) is 0 Å². The second-order valence-corrected chi connectivity index (χ2v) is 13.0. The lowest BCUT2D eigenvalue weighted by Crippen LogP contribution is -2.67. The van der Waals surface area contributed by atoms with Crippen molar-refractivity contribution >= 4 is 18.7 Å². The van der Waals surface area contributed by atoms with Crippen LogP contribution in [-0.2, 0) is 18.6 Å². The summed E-state index contributed by atoms with van der Waals surface area (Å²) in [6, 6.07) is 21.4. The van der Waals surface area contributed by atoms with E-state index in [1.807, 2.05) is 0 Å². The molecule has 2 saturated heterocycles. The molecule has 4 atom stereocenters. The second-order valence-electron chi connectivity index (χ2n) is 8.69. The van der Waals surface area contributed by atoms with Crippen LogP contribution in [0.1, 0.15) is 27.2 Å². The molecule has 0 radical (unpaired) electrons. The predicted molar refractivity (Wildman–Crippen MR) is 113 cm³/mol. The van der Waals surface area contributed by atoms with Crippen LogP contribution in [0.25, 0.3) is 0 Å². The molecule has 0 aliphatic carbocycles. The predicted octanol–water partition coefficient (Wildman–Crippen LogP) is 3.09. The van der Waals surface area contributed by atoms with Gasteiger partial charge in [0.05, 0.1) is 12.7 Å². The Morgan fingerprint density at radius 2 is 1.50 bits per heavy atom. The first-order valence-electron chi connectivity index (χ1n) is 10.0. The first-order valence-corrected chi connectivity index (χ1v) is 12.0. The first-order chi connectivity index (χ1) is 13.5. The van der Waals surface area contributed by atoms with Crippen molar-refractivity contribution in [3.63, 3.8) is 0 Å². The molecule has 2 aliphatic rings. The molecule has 4 nitrogen and oxygen atoms in total. The van der Waals surface area contributed by atoms with Gasteiger partial charge in [-0.1, -0.05) is 81.4 Å². The van der Waals surface area contributed by atoms with Crippen molar-refractivity contribution in [1.82, 2.24) is 0 Å². The lowest BCUT2D eigenvalue weighted by Gasteiger charge is -2.44. The van der Waals surface area contributed by atoms with Gasteiger partial charge in [0.25, 0.3) is 8.32 Å². The number of methoxy groups -OCH3 is 1. The van der Waals surface area contributed by atoms with E-state index in [0.29, 0.717) is 6.61 Å². The quantitative estimate of drug-likeness (QED) is 0.554. The summed E-state index contributed by atoms with van der Waals surface area (Å²) in [5.74, 6) is 0. The molecule has 2 aromatic carbocycles. The maximum atomic E-state index is 6.97. The Labute approximate surface area is 168 Å². The van der Waals surface area contributed by atoms with Crippen LogP contribution >= 0.6 is 0 Å². The average molecular weight is 399 g/mol.